The molecule has 1 fully saturated rings. The third-order valence-electron chi connectivity index (χ3n) is 3.67. The largest absolute Gasteiger partial charge is 0.469 e. The lowest BCUT2D eigenvalue weighted by molar-refractivity contribution is -0.145. The lowest BCUT2D eigenvalue weighted by Gasteiger charge is -2.22. The monoisotopic (exact) mass is 340 g/mol. The summed E-state index contributed by atoms with van der Waals surface area (Å²) in [5.74, 6) is 0.896. The highest BCUT2D eigenvalue weighted by Crippen LogP contribution is 2.17. The van der Waals surface area contributed by atoms with Crippen LogP contribution in [0.1, 0.15) is 6.42 Å². The molecule has 1 N–H and O–H groups in total. The molecule has 23 heavy (non-hydrogen) atoms. The van der Waals surface area contributed by atoms with Crippen LogP contribution in [-0.2, 0) is 14.3 Å². The topological polar surface area (TPSA) is 58.6 Å². The van der Waals surface area contributed by atoms with E-state index in [4.69, 9.17) is 4.74 Å². The molecule has 7 heteroatoms. The number of thioether (sulfide) groups is 1. The van der Waals surface area contributed by atoms with Gasteiger partial charge in [0, 0.05) is 43.2 Å². The number of ether oxygens (including phenoxy) is 1. The Morgan fingerprint density at radius 2 is 2.13 bits per heavy atom. The van der Waals surface area contributed by atoms with Gasteiger partial charge < -0.3 is 15.0 Å². The Kier molecular flexibility index (Phi) is 6.85. The van der Waals surface area contributed by atoms with Crippen molar-refractivity contribution in [2.24, 2.45) is 5.92 Å². The van der Waals surface area contributed by atoms with Gasteiger partial charge in [-0.1, -0.05) is 0 Å². The number of hydrogen-bond donors (Lipinski definition) is 1. The molecule has 2 rings (SSSR count). The standard InChI is InChI=1S/C16H21FN2O3S/c1-22-16(21)12-10-19(8-9-23-11-12)7-6-15(20)18-14-4-2-13(17)3-5-14/h2-5,12H,6-11H2,1H3,(H,18,20). The number of nitrogens with zero attached hydrogens (tertiary/aromatic N) is 1. The van der Waals surface area contributed by atoms with Crippen LogP contribution < -0.4 is 5.32 Å². The summed E-state index contributed by atoms with van der Waals surface area (Å²) >= 11 is 1.73. The van der Waals surface area contributed by atoms with Crippen LogP contribution in [0.15, 0.2) is 24.3 Å². The second-order valence-electron chi connectivity index (χ2n) is 5.40. The number of benzene rings is 1. The molecule has 126 valence electrons. The summed E-state index contributed by atoms with van der Waals surface area (Å²) < 4.78 is 17.6. The smallest absolute Gasteiger partial charge is 0.310 e. The highest BCUT2D eigenvalue weighted by Gasteiger charge is 2.25. The lowest BCUT2D eigenvalue weighted by atomic mass is 10.1. The van der Waals surface area contributed by atoms with Crippen molar-refractivity contribution < 1.29 is 18.7 Å². The molecule has 1 aromatic carbocycles. The second kappa shape index (κ2) is 8.88. The van der Waals surface area contributed by atoms with E-state index in [1.54, 1.807) is 11.8 Å². The van der Waals surface area contributed by atoms with Gasteiger partial charge >= 0.3 is 5.97 Å². The first-order chi connectivity index (χ1) is 11.1. The zero-order valence-corrected chi connectivity index (χ0v) is 13.9. The van der Waals surface area contributed by atoms with E-state index in [0.717, 1.165) is 18.1 Å². The van der Waals surface area contributed by atoms with Crippen LogP contribution in [0.3, 0.4) is 0 Å². The van der Waals surface area contributed by atoms with Crippen LogP contribution in [0.4, 0.5) is 10.1 Å². The zero-order valence-electron chi connectivity index (χ0n) is 13.1. The number of halogens is 1. The summed E-state index contributed by atoms with van der Waals surface area (Å²) in [5.41, 5.74) is 0.579. The van der Waals surface area contributed by atoms with Gasteiger partial charge in [-0.2, -0.15) is 11.8 Å². The number of carbonyl (C=O) groups is 2. The van der Waals surface area contributed by atoms with E-state index in [0.29, 0.717) is 25.2 Å². The van der Waals surface area contributed by atoms with Crippen LogP contribution in [-0.4, -0.2) is 55.0 Å². The van der Waals surface area contributed by atoms with Crippen LogP contribution in [0.2, 0.25) is 0 Å². The molecule has 1 amide bonds. The van der Waals surface area contributed by atoms with Gasteiger partial charge in [-0.3, -0.25) is 9.59 Å². The number of methoxy groups -OCH3 is 1. The van der Waals surface area contributed by atoms with E-state index in [9.17, 15) is 14.0 Å². The van der Waals surface area contributed by atoms with Gasteiger partial charge in [-0.05, 0) is 24.3 Å². The van der Waals surface area contributed by atoms with Crippen molar-refractivity contribution in [3.05, 3.63) is 30.1 Å². The Morgan fingerprint density at radius 1 is 1.39 bits per heavy atom. The Labute approximate surface area is 139 Å². The maximum absolute atomic E-state index is 12.8. The molecule has 1 atom stereocenters. The van der Waals surface area contributed by atoms with E-state index in [1.165, 1.54) is 31.4 Å². The van der Waals surface area contributed by atoms with Crippen molar-refractivity contribution in [1.82, 2.24) is 4.90 Å². The molecule has 0 saturated carbocycles. The van der Waals surface area contributed by atoms with Gasteiger partial charge in [0.05, 0.1) is 13.0 Å². The number of anilines is 1. The molecule has 0 aromatic heterocycles. The quantitative estimate of drug-likeness (QED) is 0.831. The number of carbonyl (C=O) groups excluding carboxylic acids is 2. The Hall–Kier alpha value is -1.60. The van der Waals surface area contributed by atoms with Crippen LogP contribution in [0, 0.1) is 11.7 Å². The number of rotatable bonds is 5. The predicted molar refractivity (Wildman–Crippen MR) is 88.9 cm³/mol. The van der Waals surface area contributed by atoms with Gasteiger partial charge in [0.15, 0.2) is 0 Å². The SMILES string of the molecule is COC(=O)C1CSCCN(CCC(=O)Nc2ccc(F)cc2)C1. The fourth-order valence-corrected chi connectivity index (χ4v) is 3.48. The number of amides is 1. The van der Waals surface area contributed by atoms with E-state index in [-0.39, 0.29) is 23.6 Å². The summed E-state index contributed by atoms with van der Waals surface area (Å²) in [5, 5.41) is 2.74. The van der Waals surface area contributed by atoms with Crippen LogP contribution >= 0.6 is 11.8 Å². The first kappa shape index (κ1) is 17.7. The van der Waals surface area contributed by atoms with Crippen molar-refractivity contribution >= 4 is 29.3 Å². The molecule has 0 radical (unpaired) electrons. The molecule has 0 aliphatic carbocycles. The average Bonchev–Trinajstić information content (AvgIpc) is 2.80. The predicted octanol–water partition coefficient (Wildman–Crippen LogP) is 1.99. The number of esters is 1. The van der Waals surface area contributed by atoms with Gasteiger partial charge in [-0.25, -0.2) is 4.39 Å². The molecule has 0 spiro atoms. The molecule has 1 heterocycles. The fourth-order valence-electron chi connectivity index (χ4n) is 2.40. The van der Waals surface area contributed by atoms with Gasteiger partial charge in [0.25, 0.3) is 0 Å². The summed E-state index contributed by atoms with van der Waals surface area (Å²) in [4.78, 5) is 25.8. The van der Waals surface area contributed by atoms with Crippen molar-refractivity contribution in [2.75, 3.05) is 43.6 Å². The molecule has 5 nitrogen and oxygen atoms in total. The lowest BCUT2D eigenvalue weighted by Crippen LogP contribution is -2.36. The zero-order chi connectivity index (χ0) is 16.7. The van der Waals surface area contributed by atoms with Crippen molar-refractivity contribution in [3.8, 4) is 0 Å². The maximum atomic E-state index is 12.8. The third kappa shape index (κ3) is 5.84. The summed E-state index contributed by atoms with van der Waals surface area (Å²) in [6.45, 7) is 2.05. The molecular formula is C16H21FN2O3S. The molecule has 1 aliphatic rings. The molecular weight excluding hydrogens is 319 g/mol. The Morgan fingerprint density at radius 3 is 2.83 bits per heavy atom. The normalized spacial score (nSPS) is 19.0. The van der Waals surface area contributed by atoms with E-state index >= 15 is 0 Å². The van der Waals surface area contributed by atoms with E-state index in [1.807, 2.05) is 0 Å². The number of nitrogens with one attached hydrogen (secondary N) is 1. The summed E-state index contributed by atoms with van der Waals surface area (Å²) in [6, 6.07) is 5.68. The summed E-state index contributed by atoms with van der Waals surface area (Å²) in [7, 11) is 1.40. The molecule has 1 aromatic rings. The van der Waals surface area contributed by atoms with Crippen molar-refractivity contribution in [3.63, 3.8) is 0 Å². The van der Waals surface area contributed by atoms with Crippen molar-refractivity contribution in [1.29, 1.82) is 0 Å². The summed E-state index contributed by atoms with van der Waals surface area (Å²) in [6.07, 6.45) is 0.329. The molecule has 1 aliphatic heterocycles. The highest BCUT2D eigenvalue weighted by atomic mass is 32.2. The molecule has 1 saturated heterocycles. The first-order valence-corrected chi connectivity index (χ1v) is 8.67. The first-order valence-electron chi connectivity index (χ1n) is 7.52. The van der Waals surface area contributed by atoms with E-state index < -0.39 is 0 Å². The molecule has 0 bridgehead atoms. The van der Waals surface area contributed by atoms with Gasteiger partial charge in [-0.15, -0.1) is 0 Å². The third-order valence-corrected chi connectivity index (χ3v) is 4.78. The minimum Gasteiger partial charge on any atom is -0.469 e. The Bertz CT molecular complexity index is 539. The van der Waals surface area contributed by atoms with Gasteiger partial charge in [0.2, 0.25) is 5.91 Å². The van der Waals surface area contributed by atoms with Gasteiger partial charge in [0.1, 0.15) is 5.82 Å². The molecule has 1 unspecified atom stereocenters. The van der Waals surface area contributed by atoms with Crippen molar-refractivity contribution in [2.45, 2.75) is 6.42 Å². The van der Waals surface area contributed by atoms with E-state index in [2.05, 4.69) is 10.2 Å². The van der Waals surface area contributed by atoms with Crippen LogP contribution in [0.5, 0.6) is 0 Å². The minimum absolute atomic E-state index is 0.122. The Balaban J connectivity index is 1.80. The van der Waals surface area contributed by atoms with Crippen LogP contribution in [0.25, 0.3) is 0 Å². The number of hydrogen-bond acceptors (Lipinski definition) is 5. The average molecular weight is 340 g/mol. The minimum atomic E-state index is -0.334. The second-order valence-corrected chi connectivity index (χ2v) is 6.55. The highest BCUT2D eigenvalue weighted by molar-refractivity contribution is 7.99. The fraction of sp³-hybridized carbons (Fsp3) is 0.500. The maximum Gasteiger partial charge on any atom is 0.310 e.